The Balaban J connectivity index is 2.57. The third-order valence-corrected chi connectivity index (χ3v) is 3.59. The highest BCUT2D eigenvalue weighted by Gasteiger charge is 2.13. The van der Waals surface area contributed by atoms with E-state index in [2.05, 4.69) is 22.4 Å². The molecular weight excluding hydrogens is 226 g/mol. The third kappa shape index (κ3) is 4.38. The molecule has 86 valence electrons. The van der Waals surface area contributed by atoms with Gasteiger partial charge in [-0.25, -0.2) is 0 Å². The van der Waals surface area contributed by atoms with Crippen molar-refractivity contribution in [3.63, 3.8) is 0 Å². The van der Waals surface area contributed by atoms with Crippen molar-refractivity contribution in [1.82, 2.24) is 10.3 Å². The SMILES string of the molecule is CCN1CCCCC/C1=N\NC(=S)SC. The fourth-order valence-corrected chi connectivity index (χ4v) is 1.86. The third-order valence-electron chi connectivity index (χ3n) is 2.54. The molecule has 5 heteroatoms. The second kappa shape index (κ2) is 7.06. The van der Waals surface area contributed by atoms with E-state index in [1.165, 1.54) is 31.0 Å². The first kappa shape index (κ1) is 12.8. The second-order valence-corrected chi connectivity index (χ2v) is 5.00. The van der Waals surface area contributed by atoms with Gasteiger partial charge in [-0.3, -0.25) is 5.43 Å². The summed E-state index contributed by atoms with van der Waals surface area (Å²) in [6.07, 6.45) is 6.85. The van der Waals surface area contributed by atoms with Crippen LogP contribution in [0.5, 0.6) is 0 Å². The molecule has 0 unspecified atom stereocenters. The highest BCUT2D eigenvalue weighted by atomic mass is 32.2. The van der Waals surface area contributed by atoms with E-state index in [9.17, 15) is 0 Å². The minimum absolute atomic E-state index is 0.739. The summed E-state index contributed by atoms with van der Waals surface area (Å²) in [5, 5.41) is 4.40. The molecule has 0 spiro atoms. The average Bonchev–Trinajstić information content (AvgIpc) is 2.50. The molecule has 0 aromatic carbocycles. The van der Waals surface area contributed by atoms with Gasteiger partial charge in [0.25, 0.3) is 0 Å². The van der Waals surface area contributed by atoms with Gasteiger partial charge in [0.1, 0.15) is 5.84 Å². The highest BCUT2D eigenvalue weighted by molar-refractivity contribution is 8.22. The van der Waals surface area contributed by atoms with E-state index in [-0.39, 0.29) is 0 Å². The minimum atomic E-state index is 0.739. The Labute approximate surface area is 102 Å². The molecule has 0 saturated carbocycles. The van der Waals surface area contributed by atoms with Crippen LogP contribution >= 0.6 is 24.0 Å². The molecule has 1 saturated heterocycles. The molecule has 0 atom stereocenters. The van der Waals surface area contributed by atoms with E-state index >= 15 is 0 Å². The lowest BCUT2D eigenvalue weighted by atomic mass is 10.2. The summed E-state index contributed by atoms with van der Waals surface area (Å²) in [7, 11) is 0. The molecule has 1 fully saturated rings. The lowest BCUT2D eigenvalue weighted by Crippen LogP contribution is -2.32. The predicted molar refractivity (Wildman–Crippen MR) is 72.4 cm³/mol. The summed E-state index contributed by atoms with van der Waals surface area (Å²) in [5.74, 6) is 1.16. The van der Waals surface area contributed by atoms with Crippen LogP contribution in [0.4, 0.5) is 0 Å². The summed E-state index contributed by atoms with van der Waals surface area (Å²) < 4.78 is 0.739. The maximum atomic E-state index is 5.06. The zero-order chi connectivity index (χ0) is 11.1. The van der Waals surface area contributed by atoms with Crippen LogP contribution in [0.15, 0.2) is 5.10 Å². The van der Waals surface area contributed by atoms with E-state index in [0.717, 1.165) is 29.7 Å². The Hall–Kier alpha value is -0.290. The summed E-state index contributed by atoms with van der Waals surface area (Å²) in [5.41, 5.74) is 2.93. The van der Waals surface area contributed by atoms with Crippen molar-refractivity contribution < 1.29 is 0 Å². The number of likely N-dealkylation sites (tertiary alicyclic amines) is 1. The normalized spacial score (nSPS) is 20.1. The van der Waals surface area contributed by atoms with Gasteiger partial charge < -0.3 is 4.90 Å². The summed E-state index contributed by atoms with van der Waals surface area (Å²) >= 11 is 6.58. The van der Waals surface area contributed by atoms with Crippen LogP contribution < -0.4 is 5.43 Å². The van der Waals surface area contributed by atoms with Gasteiger partial charge >= 0.3 is 0 Å². The maximum absolute atomic E-state index is 5.06. The number of nitrogens with zero attached hydrogens (tertiary/aromatic N) is 2. The number of hydrogen-bond acceptors (Lipinski definition) is 3. The monoisotopic (exact) mass is 245 g/mol. The molecule has 3 nitrogen and oxygen atoms in total. The molecule has 1 rings (SSSR count). The van der Waals surface area contributed by atoms with Crippen molar-refractivity contribution in [2.24, 2.45) is 5.10 Å². The van der Waals surface area contributed by atoms with Gasteiger partial charge in [0.2, 0.25) is 0 Å². The van der Waals surface area contributed by atoms with Crippen LogP contribution in [0.2, 0.25) is 0 Å². The number of rotatable bonds is 2. The first-order valence-electron chi connectivity index (χ1n) is 5.43. The van der Waals surface area contributed by atoms with Crippen LogP contribution in [0.3, 0.4) is 0 Å². The van der Waals surface area contributed by atoms with E-state index in [4.69, 9.17) is 12.2 Å². The standard InChI is InChI=1S/C10H19N3S2/c1-3-13-8-6-4-5-7-9(13)11-12-10(14)15-2/h3-8H2,1-2H3,(H,12,14)/b11-9+. The van der Waals surface area contributed by atoms with Gasteiger partial charge in [-0.2, -0.15) is 5.10 Å². The van der Waals surface area contributed by atoms with Crippen LogP contribution in [-0.2, 0) is 0 Å². The first-order valence-corrected chi connectivity index (χ1v) is 7.06. The Morgan fingerprint density at radius 2 is 2.33 bits per heavy atom. The summed E-state index contributed by atoms with van der Waals surface area (Å²) in [4.78, 5) is 2.34. The van der Waals surface area contributed by atoms with Gasteiger partial charge in [-0.15, -0.1) is 0 Å². The Bertz CT molecular complexity index is 241. The van der Waals surface area contributed by atoms with Gasteiger partial charge in [0.15, 0.2) is 4.32 Å². The molecule has 0 aromatic heterocycles. The fraction of sp³-hybridized carbons (Fsp3) is 0.800. The van der Waals surface area contributed by atoms with Crippen molar-refractivity contribution in [1.29, 1.82) is 0 Å². The number of amidine groups is 1. The zero-order valence-corrected chi connectivity index (χ0v) is 11.1. The molecule has 0 radical (unpaired) electrons. The summed E-state index contributed by atoms with van der Waals surface area (Å²) in [6, 6.07) is 0. The number of thioether (sulfide) groups is 1. The largest absolute Gasteiger partial charge is 0.359 e. The van der Waals surface area contributed by atoms with E-state index in [1.54, 1.807) is 0 Å². The molecular formula is C10H19N3S2. The van der Waals surface area contributed by atoms with E-state index in [1.807, 2.05) is 6.26 Å². The molecule has 1 aliphatic heterocycles. The molecule has 0 aliphatic carbocycles. The topological polar surface area (TPSA) is 27.6 Å². The van der Waals surface area contributed by atoms with E-state index in [0.29, 0.717) is 0 Å². The van der Waals surface area contributed by atoms with E-state index < -0.39 is 0 Å². The van der Waals surface area contributed by atoms with Crippen LogP contribution in [0.1, 0.15) is 32.6 Å². The maximum Gasteiger partial charge on any atom is 0.153 e. The predicted octanol–water partition coefficient (Wildman–Crippen LogP) is 2.43. The van der Waals surface area contributed by atoms with Crippen LogP contribution in [0, 0.1) is 0 Å². The Morgan fingerprint density at radius 3 is 3.00 bits per heavy atom. The zero-order valence-electron chi connectivity index (χ0n) is 9.45. The highest BCUT2D eigenvalue weighted by Crippen LogP contribution is 2.11. The number of nitrogens with one attached hydrogen (secondary N) is 1. The lowest BCUT2D eigenvalue weighted by Gasteiger charge is -2.21. The summed E-state index contributed by atoms with van der Waals surface area (Å²) in [6.45, 7) is 4.34. The van der Waals surface area contributed by atoms with Gasteiger partial charge in [-0.1, -0.05) is 30.4 Å². The molecule has 0 aromatic rings. The molecule has 1 aliphatic rings. The number of thiocarbonyl (C=S) groups is 1. The van der Waals surface area contributed by atoms with Crippen molar-refractivity contribution >= 4 is 34.1 Å². The van der Waals surface area contributed by atoms with Crippen molar-refractivity contribution in [2.45, 2.75) is 32.6 Å². The molecule has 0 amide bonds. The molecule has 15 heavy (non-hydrogen) atoms. The second-order valence-electron chi connectivity index (χ2n) is 3.52. The first-order chi connectivity index (χ1) is 7.27. The molecule has 1 N–H and O–H groups in total. The van der Waals surface area contributed by atoms with Crippen LogP contribution in [-0.4, -0.2) is 34.4 Å². The number of hydrogen-bond donors (Lipinski definition) is 1. The Morgan fingerprint density at radius 1 is 1.53 bits per heavy atom. The Kier molecular flexibility index (Phi) is 6.02. The van der Waals surface area contributed by atoms with Gasteiger partial charge in [0, 0.05) is 19.5 Å². The quantitative estimate of drug-likeness (QED) is 0.597. The van der Waals surface area contributed by atoms with Crippen molar-refractivity contribution in [2.75, 3.05) is 19.3 Å². The smallest absolute Gasteiger partial charge is 0.153 e. The fourth-order valence-electron chi connectivity index (χ4n) is 1.67. The minimum Gasteiger partial charge on any atom is -0.359 e. The number of hydrazone groups is 1. The molecule has 1 heterocycles. The van der Waals surface area contributed by atoms with Gasteiger partial charge in [-0.05, 0) is 26.0 Å². The lowest BCUT2D eigenvalue weighted by molar-refractivity contribution is 0.433. The van der Waals surface area contributed by atoms with Gasteiger partial charge in [0.05, 0.1) is 0 Å². The average molecular weight is 245 g/mol. The van der Waals surface area contributed by atoms with Crippen molar-refractivity contribution in [3.8, 4) is 0 Å². The van der Waals surface area contributed by atoms with Crippen molar-refractivity contribution in [3.05, 3.63) is 0 Å². The van der Waals surface area contributed by atoms with Crippen LogP contribution in [0.25, 0.3) is 0 Å². The molecule has 0 bridgehead atoms.